The number of aromatic nitrogens is 4. The van der Waals surface area contributed by atoms with E-state index in [2.05, 4.69) is 31.1 Å². The molecule has 0 N–H and O–H groups in total. The first kappa shape index (κ1) is 11.7. The quantitative estimate of drug-likeness (QED) is 0.694. The SMILES string of the molecule is ClCc1nc2cc(Br)cnc2n1Cc1ccon1. The summed E-state index contributed by atoms with van der Waals surface area (Å²) in [6.45, 7) is 0.545. The van der Waals surface area contributed by atoms with Crippen LogP contribution in [0.2, 0.25) is 0 Å². The van der Waals surface area contributed by atoms with E-state index in [9.17, 15) is 0 Å². The molecule has 0 aromatic carbocycles. The van der Waals surface area contributed by atoms with Crippen molar-refractivity contribution in [3.63, 3.8) is 0 Å². The maximum Gasteiger partial charge on any atom is 0.160 e. The fourth-order valence-electron chi connectivity index (χ4n) is 1.78. The predicted molar refractivity (Wildman–Crippen MR) is 70.4 cm³/mol. The first-order valence-electron chi connectivity index (χ1n) is 5.24. The van der Waals surface area contributed by atoms with Gasteiger partial charge in [0.1, 0.15) is 23.3 Å². The third-order valence-corrected chi connectivity index (χ3v) is 3.23. The lowest BCUT2D eigenvalue weighted by molar-refractivity contribution is 0.409. The molecule has 7 heteroatoms. The third kappa shape index (κ3) is 2.02. The molecule has 0 bridgehead atoms. The van der Waals surface area contributed by atoms with Crippen molar-refractivity contribution < 1.29 is 4.52 Å². The monoisotopic (exact) mass is 326 g/mol. The van der Waals surface area contributed by atoms with Crippen molar-refractivity contribution in [2.24, 2.45) is 0 Å². The van der Waals surface area contributed by atoms with Gasteiger partial charge < -0.3 is 9.09 Å². The van der Waals surface area contributed by atoms with Gasteiger partial charge in [-0.1, -0.05) is 5.16 Å². The van der Waals surface area contributed by atoms with Crippen LogP contribution in [0.4, 0.5) is 0 Å². The average Bonchev–Trinajstić information content (AvgIpc) is 2.97. The first-order valence-corrected chi connectivity index (χ1v) is 6.56. The van der Waals surface area contributed by atoms with Crippen LogP contribution < -0.4 is 0 Å². The Labute approximate surface area is 116 Å². The van der Waals surface area contributed by atoms with Gasteiger partial charge in [-0.15, -0.1) is 11.6 Å². The summed E-state index contributed by atoms with van der Waals surface area (Å²) >= 11 is 9.29. The molecule has 0 aliphatic carbocycles. The van der Waals surface area contributed by atoms with Crippen LogP contribution in [0.15, 0.2) is 33.6 Å². The lowest BCUT2D eigenvalue weighted by atomic mass is 10.4. The van der Waals surface area contributed by atoms with E-state index in [4.69, 9.17) is 16.1 Å². The van der Waals surface area contributed by atoms with Crippen molar-refractivity contribution in [2.45, 2.75) is 12.4 Å². The Morgan fingerprint density at radius 2 is 2.33 bits per heavy atom. The van der Waals surface area contributed by atoms with Gasteiger partial charge in [0.25, 0.3) is 0 Å². The molecule has 0 spiro atoms. The van der Waals surface area contributed by atoms with Crippen molar-refractivity contribution in [2.75, 3.05) is 0 Å². The van der Waals surface area contributed by atoms with E-state index in [1.165, 1.54) is 0 Å². The summed E-state index contributed by atoms with van der Waals surface area (Å²) in [5.74, 6) is 1.09. The normalized spacial score (nSPS) is 11.2. The van der Waals surface area contributed by atoms with Crippen molar-refractivity contribution in [3.8, 4) is 0 Å². The average molecular weight is 328 g/mol. The second kappa shape index (κ2) is 4.70. The van der Waals surface area contributed by atoms with E-state index < -0.39 is 0 Å². The highest BCUT2D eigenvalue weighted by Crippen LogP contribution is 2.20. The molecule has 3 rings (SSSR count). The number of halogens is 2. The summed E-state index contributed by atoms with van der Waals surface area (Å²) < 4.78 is 7.65. The van der Waals surface area contributed by atoms with E-state index in [-0.39, 0.29) is 0 Å². The van der Waals surface area contributed by atoms with Crippen LogP contribution in [-0.2, 0) is 12.4 Å². The smallest absolute Gasteiger partial charge is 0.160 e. The minimum Gasteiger partial charge on any atom is -0.364 e. The fraction of sp³-hybridized carbons (Fsp3) is 0.182. The molecule has 0 radical (unpaired) electrons. The minimum absolute atomic E-state index is 0.325. The number of alkyl halides is 1. The van der Waals surface area contributed by atoms with E-state index >= 15 is 0 Å². The van der Waals surface area contributed by atoms with E-state index in [1.54, 1.807) is 12.5 Å². The van der Waals surface area contributed by atoms with E-state index in [1.807, 2.05) is 16.7 Å². The zero-order valence-electron chi connectivity index (χ0n) is 9.18. The lowest BCUT2D eigenvalue weighted by Gasteiger charge is -2.03. The standard InChI is InChI=1S/C11H8BrClN4O/c12-7-3-9-11(14-5-7)17(10(4-13)15-9)6-8-1-2-18-16-8/h1-3,5H,4,6H2. The molecule has 0 unspecified atom stereocenters. The highest BCUT2D eigenvalue weighted by Gasteiger charge is 2.12. The highest BCUT2D eigenvalue weighted by atomic mass is 79.9. The summed E-state index contributed by atoms with van der Waals surface area (Å²) in [5, 5.41) is 3.89. The van der Waals surface area contributed by atoms with Crippen LogP contribution in [0.1, 0.15) is 11.5 Å². The largest absolute Gasteiger partial charge is 0.364 e. The number of fused-ring (bicyclic) bond motifs is 1. The van der Waals surface area contributed by atoms with Crippen molar-refractivity contribution in [1.29, 1.82) is 0 Å². The fourth-order valence-corrected chi connectivity index (χ4v) is 2.31. The summed E-state index contributed by atoms with van der Waals surface area (Å²) in [4.78, 5) is 8.82. The van der Waals surface area contributed by atoms with Gasteiger partial charge in [-0.25, -0.2) is 9.97 Å². The molecule has 3 aromatic heterocycles. The second-order valence-electron chi connectivity index (χ2n) is 3.73. The predicted octanol–water partition coefficient (Wildman–Crippen LogP) is 2.97. The van der Waals surface area contributed by atoms with Crippen LogP contribution in [0, 0.1) is 0 Å². The van der Waals surface area contributed by atoms with Crippen LogP contribution in [0.5, 0.6) is 0 Å². The second-order valence-corrected chi connectivity index (χ2v) is 4.92. The summed E-state index contributed by atoms with van der Waals surface area (Å²) in [6.07, 6.45) is 3.28. The van der Waals surface area contributed by atoms with Crippen LogP contribution in [0.25, 0.3) is 11.2 Å². The maximum absolute atomic E-state index is 5.92. The summed E-state index contributed by atoms with van der Waals surface area (Å²) in [5.41, 5.74) is 2.41. The zero-order chi connectivity index (χ0) is 12.5. The van der Waals surface area contributed by atoms with Gasteiger partial charge in [-0.2, -0.15) is 0 Å². The minimum atomic E-state index is 0.325. The number of rotatable bonds is 3. The van der Waals surface area contributed by atoms with Gasteiger partial charge >= 0.3 is 0 Å². The highest BCUT2D eigenvalue weighted by molar-refractivity contribution is 9.10. The summed E-state index contributed by atoms with van der Waals surface area (Å²) in [6, 6.07) is 3.72. The van der Waals surface area contributed by atoms with E-state index in [0.29, 0.717) is 12.4 Å². The van der Waals surface area contributed by atoms with E-state index in [0.717, 1.165) is 27.2 Å². The Bertz CT molecular complexity index is 680. The molecule has 0 saturated heterocycles. The van der Waals surface area contributed by atoms with Crippen LogP contribution in [0.3, 0.4) is 0 Å². The third-order valence-electron chi connectivity index (χ3n) is 2.56. The molecule has 0 saturated carbocycles. The van der Waals surface area contributed by atoms with Crippen molar-refractivity contribution in [3.05, 3.63) is 40.6 Å². The molecular formula is C11H8BrClN4O. The molecule has 0 aliphatic rings. The van der Waals surface area contributed by atoms with Gasteiger partial charge in [-0.05, 0) is 22.0 Å². The number of pyridine rings is 1. The molecule has 3 heterocycles. The Hall–Kier alpha value is -1.40. The topological polar surface area (TPSA) is 56.7 Å². The molecule has 92 valence electrons. The van der Waals surface area contributed by atoms with Crippen molar-refractivity contribution >= 4 is 38.7 Å². The Morgan fingerprint density at radius 3 is 3.06 bits per heavy atom. The Balaban J connectivity index is 2.13. The van der Waals surface area contributed by atoms with Gasteiger partial charge in [0, 0.05) is 16.7 Å². The molecule has 18 heavy (non-hydrogen) atoms. The zero-order valence-corrected chi connectivity index (χ0v) is 11.5. The van der Waals surface area contributed by atoms with Crippen LogP contribution >= 0.6 is 27.5 Å². The molecule has 3 aromatic rings. The molecular weight excluding hydrogens is 320 g/mol. The molecule has 0 atom stereocenters. The van der Waals surface area contributed by atoms with Gasteiger partial charge in [0.2, 0.25) is 0 Å². The Kier molecular flexibility index (Phi) is 3.05. The maximum atomic E-state index is 5.92. The summed E-state index contributed by atoms with van der Waals surface area (Å²) in [7, 11) is 0. The van der Waals surface area contributed by atoms with Crippen molar-refractivity contribution in [1.82, 2.24) is 19.7 Å². The first-order chi connectivity index (χ1) is 8.78. The molecule has 0 fully saturated rings. The number of nitrogens with zero attached hydrogens (tertiary/aromatic N) is 4. The number of imidazole rings is 1. The van der Waals surface area contributed by atoms with Gasteiger partial charge in [0.05, 0.1) is 12.4 Å². The van der Waals surface area contributed by atoms with Crippen LogP contribution in [-0.4, -0.2) is 19.7 Å². The number of hydrogen-bond acceptors (Lipinski definition) is 4. The number of hydrogen-bond donors (Lipinski definition) is 0. The Morgan fingerprint density at radius 1 is 1.44 bits per heavy atom. The molecule has 0 aliphatic heterocycles. The molecule has 5 nitrogen and oxygen atoms in total. The van der Waals surface area contributed by atoms with Gasteiger partial charge in [0.15, 0.2) is 5.65 Å². The molecule has 0 amide bonds. The van der Waals surface area contributed by atoms with Gasteiger partial charge in [-0.3, -0.25) is 0 Å². The lowest BCUT2D eigenvalue weighted by Crippen LogP contribution is -2.04.